The Balaban J connectivity index is 2.69. The number of nitro benzene ring substituents is 1. The van der Waals surface area contributed by atoms with E-state index in [1.54, 1.807) is 0 Å². The molecule has 0 spiro atoms. The highest BCUT2D eigenvalue weighted by molar-refractivity contribution is 7.90. The Morgan fingerprint density at radius 1 is 1.32 bits per heavy atom. The Morgan fingerprint density at radius 3 is 2.55 bits per heavy atom. The van der Waals surface area contributed by atoms with Gasteiger partial charge in [-0.3, -0.25) is 10.1 Å². The normalized spacial score (nSPS) is 11.2. The SMILES string of the molecule is COC(=O)c1cccn1-c1ccc(S(C)(=O)=O)cc1[N+](=O)[O-]. The molecule has 9 heteroatoms. The summed E-state index contributed by atoms with van der Waals surface area (Å²) in [6.45, 7) is 0. The van der Waals surface area contributed by atoms with Gasteiger partial charge in [0, 0.05) is 18.5 Å². The average molecular weight is 324 g/mol. The number of sulfone groups is 1. The number of carbonyl (C=O) groups excluding carboxylic acids is 1. The number of hydrogen-bond acceptors (Lipinski definition) is 6. The molecule has 0 unspecified atom stereocenters. The van der Waals surface area contributed by atoms with Crippen molar-refractivity contribution in [2.75, 3.05) is 13.4 Å². The van der Waals surface area contributed by atoms with Crippen molar-refractivity contribution in [3.8, 4) is 5.69 Å². The first-order valence-corrected chi connectivity index (χ1v) is 7.89. The van der Waals surface area contributed by atoms with Crippen molar-refractivity contribution in [1.29, 1.82) is 0 Å². The van der Waals surface area contributed by atoms with Crippen LogP contribution in [0.1, 0.15) is 10.5 Å². The lowest BCUT2D eigenvalue weighted by Crippen LogP contribution is -2.10. The quantitative estimate of drug-likeness (QED) is 0.480. The second kappa shape index (κ2) is 5.60. The predicted molar refractivity (Wildman–Crippen MR) is 76.9 cm³/mol. The van der Waals surface area contributed by atoms with Crippen LogP contribution >= 0.6 is 0 Å². The lowest BCUT2D eigenvalue weighted by Gasteiger charge is -2.09. The Bertz CT molecular complexity index is 853. The highest BCUT2D eigenvalue weighted by Crippen LogP contribution is 2.28. The zero-order valence-electron chi connectivity index (χ0n) is 11.7. The molecule has 2 rings (SSSR count). The van der Waals surface area contributed by atoms with Crippen LogP contribution in [0, 0.1) is 10.1 Å². The van der Waals surface area contributed by atoms with Crippen LogP contribution in [0.15, 0.2) is 41.4 Å². The highest BCUT2D eigenvalue weighted by Gasteiger charge is 2.22. The lowest BCUT2D eigenvalue weighted by molar-refractivity contribution is -0.384. The molecule has 1 aromatic heterocycles. The van der Waals surface area contributed by atoms with E-state index in [2.05, 4.69) is 4.74 Å². The molecule has 0 aliphatic rings. The molecule has 0 bridgehead atoms. The molecule has 0 aliphatic carbocycles. The third kappa shape index (κ3) is 2.84. The topological polar surface area (TPSA) is 109 Å². The molecule has 116 valence electrons. The van der Waals surface area contributed by atoms with Crippen LogP contribution in [0.5, 0.6) is 0 Å². The van der Waals surface area contributed by atoms with E-state index in [0.717, 1.165) is 12.3 Å². The van der Waals surface area contributed by atoms with Gasteiger partial charge in [0.15, 0.2) is 9.84 Å². The number of aromatic nitrogens is 1. The Kier molecular flexibility index (Phi) is 4.00. The van der Waals surface area contributed by atoms with Gasteiger partial charge in [0.1, 0.15) is 11.4 Å². The van der Waals surface area contributed by atoms with E-state index in [1.165, 1.54) is 42.1 Å². The summed E-state index contributed by atoms with van der Waals surface area (Å²) in [4.78, 5) is 22.0. The van der Waals surface area contributed by atoms with Gasteiger partial charge in [-0.15, -0.1) is 0 Å². The van der Waals surface area contributed by atoms with E-state index in [-0.39, 0.29) is 16.3 Å². The second-order valence-corrected chi connectivity index (χ2v) is 6.45. The van der Waals surface area contributed by atoms with Gasteiger partial charge >= 0.3 is 5.97 Å². The van der Waals surface area contributed by atoms with Gasteiger partial charge < -0.3 is 9.30 Å². The summed E-state index contributed by atoms with van der Waals surface area (Å²) in [5.41, 5.74) is -0.259. The summed E-state index contributed by atoms with van der Waals surface area (Å²) in [5, 5.41) is 11.2. The number of ether oxygens (including phenoxy) is 1. The molecule has 1 aromatic carbocycles. The number of carbonyl (C=O) groups is 1. The molecular formula is C13H12N2O6S. The molecule has 0 N–H and O–H groups in total. The largest absolute Gasteiger partial charge is 0.464 e. The minimum atomic E-state index is -3.58. The van der Waals surface area contributed by atoms with Gasteiger partial charge in [0.25, 0.3) is 5.69 Å². The third-order valence-corrected chi connectivity index (χ3v) is 4.08. The molecule has 1 heterocycles. The Hall–Kier alpha value is -2.68. The first-order valence-electron chi connectivity index (χ1n) is 6.00. The Morgan fingerprint density at radius 2 is 2.00 bits per heavy atom. The molecule has 2 aromatic rings. The minimum Gasteiger partial charge on any atom is -0.464 e. The number of nitrogens with zero attached hydrogens (tertiary/aromatic N) is 2. The van der Waals surface area contributed by atoms with Crippen molar-refractivity contribution < 1.29 is 22.9 Å². The summed E-state index contributed by atoms with van der Waals surface area (Å²) in [7, 11) is -2.39. The van der Waals surface area contributed by atoms with E-state index >= 15 is 0 Å². The summed E-state index contributed by atoms with van der Waals surface area (Å²) >= 11 is 0. The molecule has 0 saturated carbocycles. The molecule has 0 aliphatic heterocycles. The average Bonchev–Trinajstić information content (AvgIpc) is 2.93. The standard InChI is InChI=1S/C13H12N2O6S/c1-21-13(16)11-4-3-7-14(11)10-6-5-9(22(2,19)20)8-12(10)15(17)18/h3-8H,1-2H3. The van der Waals surface area contributed by atoms with Crippen molar-refractivity contribution >= 4 is 21.5 Å². The van der Waals surface area contributed by atoms with Crippen LogP contribution in [0.3, 0.4) is 0 Å². The van der Waals surface area contributed by atoms with Gasteiger partial charge in [0.05, 0.1) is 16.9 Å². The highest BCUT2D eigenvalue weighted by atomic mass is 32.2. The molecule has 22 heavy (non-hydrogen) atoms. The smallest absolute Gasteiger partial charge is 0.355 e. The van der Waals surface area contributed by atoms with Crippen LogP contribution in [-0.4, -0.2) is 37.2 Å². The number of methoxy groups -OCH3 is 1. The van der Waals surface area contributed by atoms with Gasteiger partial charge in [-0.25, -0.2) is 13.2 Å². The second-order valence-electron chi connectivity index (χ2n) is 4.43. The maximum Gasteiger partial charge on any atom is 0.355 e. The maximum absolute atomic E-state index is 11.7. The zero-order valence-corrected chi connectivity index (χ0v) is 12.5. The molecule has 0 atom stereocenters. The van der Waals surface area contributed by atoms with Gasteiger partial charge in [-0.2, -0.15) is 0 Å². The summed E-state index contributed by atoms with van der Waals surface area (Å²) < 4.78 is 28.9. The van der Waals surface area contributed by atoms with Gasteiger partial charge in [-0.1, -0.05) is 0 Å². The molecular weight excluding hydrogens is 312 g/mol. The van der Waals surface area contributed by atoms with Crippen LogP contribution in [0.25, 0.3) is 5.69 Å². The van der Waals surface area contributed by atoms with Crippen molar-refractivity contribution in [1.82, 2.24) is 4.57 Å². The first kappa shape index (κ1) is 15.7. The maximum atomic E-state index is 11.7. The fraction of sp³-hybridized carbons (Fsp3) is 0.154. The minimum absolute atomic E-state index is 0.0720. The molecule has 0 fully saturated rings. The van der Waals surface area contributed by atoms with Crippen molar-refractivity contribution in [3.63, 3.8) is 0 Å². The van der Waals surface area contributed by atoms with Crippen LogP contribution in [0.2, 0.25) is 0 Å². The van der Waals surface area contributed by atoms with Gasteiger partial charge in [-0.05, 0) is 24.3 Å². The monoisotopic (exact) mass is 324 g/mol. The third-order valence-electron chi connectivity index (χ3n) is 2.97. The molecule has 0 saturated heterocycles. The van der Waals surface area contributed by atoms with E-state index in [1.807, 2.05) is 0 Å². The fourth-order valence-electron chi connectivity index (χ4n) is 1.95. The van der Waals surface area contributed by atoms with Crippen molar-refractivity contribution in [2.45, 2.75) is 4.90 Å². The van der Waals surface area contributed by atoms with Gasteiger partial charge in [0.2, 0.25) is 0 Å². The number of nitro groups is 1. The Labute approximate surface area is 126 Å². The predicted octanol–water partition coefficient (Wildman–Crippen LogP) is 1.58. The van der Waals surface area contributed by atoms with E-state index in [0.29, 0.717) is 0 Å². The summed E-state index contributed by atoms with van der Waals surface area (Å²) in [5.74, 6) is -0.661. The lowest BCUT2D eigenvalue weighted by atomic mass is 10.2. The van der Waals surface area contributed by atoms with E-state index < -0.39 is 26.4 Å². The fourth-order valence-corrected chi connectivity index (χ4v) is 2.59. The number of hydrogen-bond donors (Lipinski definition) is 0. The summed E-state index contributed by atoms with van der Waals surface area (Å²) in [6.07, 6.45) is 2.41. The van der Waals surface area contributed by atoms with E-state index in [4.69, 9.17) is 0 Å². The number of esters is 1. The molecule has 0 amide bonds. The van der Waals surface area contributed by atoms with Crippen molar-refractivity contribution in [2.24, 2.45) is 0 Å². The number of benzene rings is 1. The van der Waals surface area contributed by atoms with E-state index in [9.17, 15) is 23.3 Å². The molecule has 0 radical (unpaired) electrons. The zero-order chi connectivity index (χ0) is 16.5. The summed E-state index contributed by atoms with van der Waals surface area (Å²) in [6, 6.07) is 6.46. The number of rotatable bonds is 4. The van der Waals surface area contributed by atoms with Crippen LogP contribution < -0.4 is 0 Å². The van der Waals surface area contributed by atoms with Crippen LogP contribution in [-0.2, 0) is 14.6 Å². The van der Waals surface area contributed by atoms with Crippen LogP contribution in [0.4, 0.5) is 5.69 Å². The van der Waals surface area contributed by atoms with Crippen molar-refractivity contribution in [3.05, 3.63) is 52.3 Å². The molecule has 8 nitrogen and oxygen atoms in total. The first-order chi connectivity index (χ1) is 10.3.